The summed E-state index contributed by atoms with van der Waals surface area (Å²) in [6.07, 6.45) is 2.62. The van der Waals surface area contributed by atoms with E-state index in [-0.39, 0.29) is 17.7 Å². The van der Waals surface area contributed by atoms with Crippen LogP contribution in [0.3, 0.4) is 0 Å². The van der Waals surface area contributed by atoms with E-state index in [9.17, 15) is 18.4 Å². The average Bonchev–Trinajstić information content (AvgIpc) is 3.02. The number of nitrogens with zero attached hydrogens (tertiary/aromatic N) is 1. The van der Waals surface area contributed by atoms with E-state index in [2.05, 4.69) is 0 Å². The standard InChI is InChI=1S/C20H14ClF2NO3/c1-27-15-10-19(25)24(11-15)20(26)17(8-12-2-4-13(21)5-3-12)16-7-6-14(22)9-18(16)23/h2-10H,11H2,1H3/b17-8+. The fourth-order valence-corrected chi connectivity index (χ4v) is 2.75. The van der Waals surface area contributed by atoms with E-state index in [4.69, 9.17) is 16.3 Å². The molecule has 0 saturated heterocycles. The van der Waals surface area contributed by atoms with Crippen molar-refractivity contribution >= 4 is 35.1 Å². The molecule has 4 nitrogen and oxygen atoms in total. The van der Waals surface area contributed by atoms with Gasteiger partial charge in [-0.3, -0.25) is 14.5 Å². The maximum atomic E-state index is 14.4. The van der Waals surface area contributed by atoms with Crippen LogP contribution in [0.5, 0.6) is 0 Å². The SMILES string of the molecule is COC1=CC(=O)N(C(=O)/C(=C/c2ccc(Cl)cc2)c2ccc(F)cc2F)C1. The summed E-state index contributed by atoms with van der Waals surface area (Å²) in [6, 6.07) is 9.40. The lowest BCUT2D eigenvalue weighted by Gasteiger charge is -2.17. The van der Waals surface area contributed by atoms with Crippen LogP contribution in [0.1, 0.15) is 11.1 Å². The van der Waals surface area contributed by atoms with Gasteiger partial charge in [-0.1, -0.05) is 23.7 Å². The summed E-state index contributed by atoms with van der Waals surface area (Å²) in [6.45, 7) is -0.0606. The van der Waals surface area contributed by atoms with Gasteiger partial charge in [0.1, 0.15) is 17.4 Å². The fourth-order valence-electron chi connectivity index (χ4n) is 2.62. The molecular formula is C20H14ClF2NO3. The van der Waals surface area contributed by atoms with Gasteiger partial charge in [0.2, 0.25) is 0 Å². The second-order valence-corrected chi connectivity index (χ2v) is 6.21. The molecule has 2 aromatic carbocycles. The zero-order chi connectivity index (χ0) is 19.6. The number of benzene rings is 2. The molecule has 0 saturated carbocycles. The second kappa shape index (κ2) is 7.72. The van der Waals surface area contributed by atoms with Crippen LogP contribution in [0, 0.1) is 11.6 Å². The Kier molecular flexibility index (Phi) is 5.37. The number of rotatable bonds is 4. The van der Waals surface area contributed by atoms with Crippen molar-refractivity contribution in [1.29, 1.82) is 0 Å². The zero-order valence-corrected chi connectivity index (χ0v) is 15.0. The first-order valence-corrected chi connectivity index (χ1v) is 8.30. The topological polar surface area (TPSA) is 46.6 Å². The number of carbonyl (C=O) groups excluding carboxylic acids is 2. The number of carbonyl (C=O) groups is 2. The minimum absolute atomic E-state index is 0.0606. The highest BCUT2D eigenvalue weighted by Gasteiger charge is 2.31. The van der Waals surface area contributed by atoms with Crippen LogP contribution in [-0.4, -0.2) is 30.4 Å². The monoisotopic (exact) mass is 389 g/mol. The predicted octanol–water partition coefficient (Wildman–Crippen LogP) is 4.06. The van der Waals surface area contributed by atoms with Crippen LogP contribution in [-0.2, 0) is 14.3 Å². The van der Waals surface area contributed by atoms with Gasteiger partial charge in [-0.05, 0) is 35.9 Å². The minimum atomic E-state index is -0.907. The number of methoxy groups -OCH3 is 1. The van der Waals surface area contributed by atoms with E-state index in [1.54, 1.807) is 24.3 Å². The highest BCUT2D eigenvalue weighted by Crippen LogP contribution is 2.26. The minimum Gasteiger partial charge on any atom is -0.499 e. The quantitative estimate of drug-likeness (QED) is 0.585. The molecule has 2 amide bonds. The van der Waals surface area contributed by atoms with Crippen molar-refractivity contribution in [3.05, 3.63) is 82.1 Å². The first kappa shape index (κ1) is 18.8. The Morgan fingerprint density at radius 1 is 1.19 bits per heavy atom. The van der Waals surface area contributed by atoms with Gasteiger partial charge in [-0.2, -0.15) is 0 Å². The third kappa shape index (κ3) is 4.06. The number of imide groups is 1. The normalized spacial score (nSPS) is 14.4. The van der Waals surface area contributed by atoms with Gasteiger partial charge in [-0.25, -0.2) is 8.78 Å². The molecule has 27 heavy (non-hydrogen) atoms. The Balaban J connectivity index is 2.06. The molecule has 2 aromatic rings. The first-order chi connectivity index (χ1) is 12.9. The van der Waals surface area contributed by atoms with E-state index in [1.807, 2.05) is 0 Å². The van der Waals surface area contributed by atoms with Gasteiger partial charge in [-0.15, -0.1) is 0 Å². The summed E-state index contributed by atoms with van der Waals surface area (Å²) in [5.74, 6) is -2.64. The number of ether oxygens (including phenoxy) is 1. The van der Waals surface area contributed by atoms with Gasteiger partial charge < -0.3 is 4.74 Å². The number of halogens is 3. The molecule has 0 fully saturated rings. The molecule has 7 heteroatoms. The van der Waals surface area contributed by atoms with Crippen molar-refractivity contribution in [3.63, 3.8) is 0 Å². The summed E-state index contributed by atoms with van der Waals surface area (Å²) in [7, 11) is 1.39. The fraction of sp³-hybridized carbons (Fsp3) is 0.100. The molecule has 1 aliphatic rings. The second-order valence-electron chi connectivity index (χ2n) is 5.78. The largest absolute Gasteiger partial charge is 0.499 e. The van der Waals surface area contributed by atoms with Gasteiger partial charge in [0, 0.05) is 22.7 Å². The molecule has 0 N–H and O–H groups in total. The summed E-state index contributed by atoms with van der Waals surface area (Å²) < 4.78 is 32.7. The number of hydrogen-bond donors (Lipinski definition) is 0. The van der Waals surface area contributed by atoms with Crippen LogP contribution in [0.15, 0.2) is 54.3 Å². The van der Waals surface area contributed by atoms with Crippen molar-refractivity contribution < 1.29 is 23.1 Å². The molecular weight excluding hydrogens is 376 g/mol. The Labute approximate surface area is 159 Å². The van der Waals surface area contributed by atoms with E-state index in [0.717, 1.165) is 17.0 Å². The van der Waals surface area contributed by atoms with Gasteiger partial charge in [0.15, 0.2) is 0 Å². The Morgan fingerprint density at radius 3 is 2.48 bits per heavy atom. The summed E-state index contributed by atoms with van der Waals surface area (Å²) >= 11 is 5.86. The molecule has 0 bridgehead atoms. The van der Waals surface area contributed by atoms with Crippen molar-refractivity contribution in [2.75, 3.05) is 13.7 Å². The smallest absolute Gasteiger partial charge is 0.261 e. The van der Waals surface area contributed by atoms with Crippen LogP contribution in [0.25, 0.3) is 11.6 Å². The van der Waals surface area contributed by atoms with E-state index in [1.165, 1.54) is 19.3 Å². The Morgan fingerprint density at radius 2 is 1.89 bits per heavy atom. The van der Waals surface area contributed by atoms with Crippen molar-refractivity contribution in [3.8, 4) is 0 Å². The molecule has 1 aliphatic heterocycles. The van der Waals surface area contributed by atoms with E-state index >= 15 is 0 Å². The maximum Gasteiger partial charge on any atom is 0.261 e. The van der Waals surface area contributed by atoms with Gasteiger partial charge >= 0.3 is 0 Å². The number of hydrogen-bond acceptors (Lipinski definition) is 3. The van der Waals surface area contributed by atoms with E-state index < -0.39 is 23.4 Å². The van der Waals surface area contributed by atoms with Crippen LogP contribution < -0.4 is 0 Å². The Hall–Kier alpha value is -2.99. The molecule has 0 unspecified atom stereocenters. The van der Waals surface area contributed by atoms with Crippen molar-refractivity contribution in [2.45, 2.75) is 0 Å². The lowest BCUT2D eigenvalue weighted by molar-refractivity contribution is -0.136. The highest BCUT2D eigenvalue weighted by atomic mass is 35.5. The van der Waals surface area contributed by atoms with E-state index in [0.29, 0.717) is 22.4 Å². The van der Waals surface area contributed by atoms with Crippen LogP contribution in [0.2, 0.25) is 5.02 Å². The third-order valence-corrected chi connectivity index (χ3v) is 4.26. The lowest BCUT2D eigenvalue weighted by atomic mass is 10.0. The summed E-state index contributed by atoms with van der Waals surface area (Å²) in [4.78, 5) is 26.0. The highest BCUT2D eigenvalue weighted by molar-refractivity contribution is 6.31. The molecule has 0 spiro atoms. The molecule has 0 aliphatic carbocycles. The lowest BCUT2D eigenvalue weighted by Crippen LogP contribution is -2.34. The molecule has 0 radical (unpaired) electrons. The van der Waals surface area contributed by atoms with Gasteiger partial charge in [0.05, 0.1) is 19.2 Å². The third-order valence-electron chi connectivity index (χ3n) is 4.00. The zero-order valence-electron chi connectivity index (χ0n) is 14.2. The predicted molar refractivity (Wildman–Crippen MR) is 97.5 cm³/mol. The molecule has 1 heterocycles. The van der Waals surface area contributed by atoms with Crippen LogP contribution >= 0.6 is 11.6 Å². The maximum absolute atomic E-state index is 14.4. The first-order valence-electron chi connectivity index (χ1n) is 7.92. The van der Waals surface area contributed by atoms with Gasteiger partial charge in [0.25, 0.3) is 11.8 Å². The average molecular weight is 390 g/mol. The molecule has 0 atom stereocenters. The molecule has 0 aromatic heterocycles. The van der Waals surface area contributed by atoms with Crippen LogP contribution in [0.4, 0.5) is 8.78 Å². The molecule has 138 valence electrons. The number of amides is 2. The molecule has 3 rings (SSSR count). The Bertz CT molecular complexity index is 968. The van der Waals surface area contributed by atoms with Crippen molar-refractivity contribution in [2.24, 2.45) is 0 Å². The summed E-state index contributed by atoms with van der Waals surface area (Å²) in [5.41, 5.74) is 0.363. The van der Waals surface area contributed by atoms with Crippen molar-refractivity contribution in [1.82, 2.24) is 4.90 Å². The summed E-state index contributed by atoms with van der Waals surface area (Å²) in [5, 5.41) is 0.497.